The maximum absolute atomic E-state index is 12.5. The third-order valence-corrected chi connectivity index (χ3v) is 4.52. The van der Waals surface area contributed by atoms with Gasteiger partial charge in [0, 0.05) is 16.3 Å². The summed E-state index contributed by atoms with van der Waals surface area (Å²) in [5.74, 6) is 0.936. The molecule has 0 spiro atoms. The van der Waals surface area contributed by atoms with Crippen LogP contribution in [0.2, 0.25) is 5.02 Å². The summed E-state index contributed by atoms with van der Waals surface area (Å²) in [6.07, 6.45) is 0. The molecule has 0 radical (unpaired) electrons. The van der Waals surface area contributed by atoms with Gasteiger partial charge in [0.05, 0.1) is 0 Å². The Labute approximate surface area is 152 Å². The fourth-order valence-corrected chi connectivity index (χ4v) is 2.84. The quantitative estimate of drug-likeness (QED) is 0.599. The Morgan fingerprint density at radius 3 is 2.56 bits per heavy atom. The van der Waals surface area contributed by atoms with Crippen molar-refractivity contribution in [3.05, 3.63) is 76.5 Å². The van der Waals surface area contributed by atoms with Crippen molar-refractivity contribution in [2.45, 2.75) is 26.7 Å². The van der Waals surface area contributed by atoms with Crippen molar-refractivity contribution < 1.29 is 9.21 Å². The van der Waals surface area contributed by atoms with Gasteiger partial charge in [-0.05, 0) is 48.2 Å². The standard InChI is InChI=1S/C21H20ClNO2/c1-13(2)16-6-4-5-7-18(16)23-21(24)20-11-10-19(25-20)15-9-8-14(3)17(22)12-15/h4-13H,1-3H3,(H,23,24). The number of anilines is 1. The highest BCUT2D eigenvalue weighted by molar-refractivity contribution is 6.31. The zero-order valence-electron chi connectivity index (χ0n) is 14.5. The lowest BCUT2D eigenvalue weighted by molar-refractivity contribution is 0.0997. The van der Waals surface area contributed by atoms with E-state index in [2.05, 4.69) is 19.2 Å². The van der Waals surface area contributed by atoms with Gasteiger partial charge in [-0.2, -0.15) is 0 Å². The van der Waals surface area contributed by atoms with E-state index in [4.69, 9.17) is 16.0 Å². The van der Waals surface area contributed by atoms with Crippen molar-refractivity contribution >= 4 is 23.2 Å². The predicted molar refractivity (Wildman–Crippen MR) is 102 cm³/mol. The lowest BCUT2D eigenvalue weighted by Gasteiger charge is -2.12. The van der Waals surface area contributed by atoms with Gasteiger partial charge in [0.1, 0.15) is 5.76 Å². The number of hydrogen-bond acceptors (Lipinski definition) is 2. The molecule has 0 fully saturated rings. The second kappa shape index (κ2) is 7.16. The Morgan fingerprint density at radius 1 is 1.08 bits per heavy atom. The first-order chi connectivity index (χ1) is 12.0. The Morgan fingerprint density at radius 2 is 1.84 bits per heavy atom. The molecule has 0 aliphatic carbocycles. The normalized spacial score (nSPS) is 10.9. The third kappa shape index (κ3) is 3.77. The number of carbonyl (C=O) groups is 1. The zero-order valence-corrected chi connectivity index (χ0v) is 15.2. The first-order valence-corrected chi connectivity index (χ1v) is 8.60. The topological polar surface area (TPSA) is 42.2 Å². The van der Waals surface area contributed by atoms with Gasteiger partial charge in [-0.3, -0.25) is 4.79 Å². The maximum atomic E-state index is 12.5. The van der Waals surface area contributed by atoms with Crippen LogP contribution in [0.25, 0.3) is 11.3 Å². The number of halogens is 1. The maximum Gasteiger partial charge on any atom is 0.291 e. The van der Waals surface area contributed by atoms with Crippen LogP contribution >= 0.6 is 11.6 Å². The van der Waals surface area contributed by atoms with Crippen LogP contribution in [-0.4, -0.2) is 5.91 Å². The van der Waals surface area contributed by atoms with Crippen molar-refractivity contribution in [1.29, 1.82) is 0 Å². The van der Waals surface area contributed by atoms with Gasteiger partial charge < -0.3 is 9.73 Å². The molecule has 0 aliphatic heterocycles. The van der Waals surface area contributed by atoms with E-state index in [1.165, 1.54) is 0 Å². The lowest BCUT2D eigenvalue weighted by Crippen LogP contribution is -2.12. The Bertz CT molecular complexity index is 912. The van der Waals surface area contributed by atoms with Crippen molar-refractivity contribution in [3.63, 3.8) is 0 Å². The molecule has 1 heterocycles. The van der Waals surface area contributed by atoms with E-state index in [-0.39, 0.29) is 11.7 Å². The summed E-state index contributed by atoms with van der Waals surface area (Å²) in [6, 6.07) is 16.9. The van der Waals surface area contributed by atoms with Crippen LogP contribution < -0.4 is 5.32 Å². The molecule has 0 saturated carbocycles. The first kappa shape index (κ1) is 17.3. The van der Waals surface area contributed by atoms with E-state index in [0.29, 0.717) is 16.7 Å². The average Bonchev–Trinajstić information content (AvgIpc) is 3.08. The molecule has 3 aromatic rings. The molecule has 1 amide bonds. The van der Waals surface area contributed by atoms with E-state index in [9.17, 15) is 4.79 Å². The zero-order chi connectivity index (χ0) is 18.0. The molecule has 1 N–H and O–H groups in total. The van der Waals surface area contributed by atoms with E-state index in [1.807, 2.05) is 49.4 Å². The van der Waals surface area contributed by atoms with Crippen LogP contribution in [-0.2, 0) is 0 Å². The SMILES string of the molecule is Cc1ccc(-c2ccc(C(=O)Nc3ccccc3C(C)C)o2)cc1Cl. The molecule has 3 rings (SSSR count). The number of aryl methyl sites for hydroxylation is 1. The van der Waals surface area contributed by atoms with Crippen LogP contribution in [0.15, 0.2) is 59.0 Å². The van der Waals surface area contributed by atoms with Gasteiger partial charge in [0.25, 0.3) is 5.91 Å². The average molecular weight is 354 g/mol. The monoisotopic (exact) mass is 353 g/mol. The minimum atomic E-state index is -0.266. The van der Waals surface area contributed by atoms with Crippen molar-refractivity contribution in [2.75, 3.05) is 5.32 Å². The van der Waals surface area contributed by atoms with Crippen molar-refractivity contribution in [3.8, 4) is 11.3 Å². The third-order valence-electron chi connectivity index (χ3n) is 4.12. The van der Waals surface area contributed by atoms with Crippen LogP contribution in [0, 0.1) is 6.92 Å². The second-order valence-electron chi connectivity index (χ2n) is 6.32. The summed E-state index contributed by atoms with van der Waals surface area (Å²) >= 11 is 6.17. The summed E-state index contributed by atoms with van der Waals surface area (Å²) in [5, 5.41) is 3.61. The van der Waals surface area contributed by atoms with Gasteiger partial charge in [0.15, 0.2) is 5.76 Å². The van der Waals surface area contributed by atoms with Crippen LogP contribution in [0.5, 0.6) is 0 Å². The minimum absolute atomic E-state index is 0.266. The summed E-state index contributed by atoms with van der Waals surface area (Å²) in [5.41, 5.74) is 3.74. The van der Waals surface area contributed by atoms with Gasteiger partial charge in [0.2, 0.25) is 0 Å². The Hall–Kier alpha value is -2.52. The molecule has 1 aromatic heterocycles. The largest absolute Gasteiger partial charge is 0.451 e. The van der Waals surface area contributed by atoms with Crippen LogP contribution in [0.3, 0.4) is 0 Å². The summed E-state index contributed by atoms with van der Waals surface area (Å²) < 4.78 is 5.73. The fraction of sp³-hybridized carbons (Fsp3) is 0.190. The number of carbonyl (C=O) groups excluding carboxylic acids is 1. The lowest BCUT2D eigenvalue weighted by atomic mass is 10.0. The van der Waals surface area contributed by atoms with Gasteiger partial charge >= 0.3 is 0 Å². The molecule has 0 bridgehead atoms. The number of benzene rings is 2. The van der Waals surface area contributed by atoms with E-state index < -0.39 is 0 Å². The molecular weight excluding hydrogens is 334 g/mol. The molecule has 128 valence electrons. The summed E-state index contributed by atoms with van der Waals surface area (Å²) in [4.78, 5) is 12.5. The molecular formula is C21H20ClNO2. The molecule has 0 saturated heterocycles. The van der Waals surface area contributed by atoms with Crippen molar-refractivity contribution in [2.24, 2.45) is 0 Å². The molecule has 0 aliphatic rings. The molecule has 25 heavy (non-hydrogen) atoms. The van der Waals surface area contributed by atoms with Crippen molar-refractivity contribution in [1.82, 2.24) is 0 Å². The molecule has 0 unspecified atom stereocenters. The minimum Gasteiger partial charge on any atom is -0.451 e. The second-order valence-corrected chi connectivity index (χ2v) is 6.73. The highest BCUT2D eigenvalue weighted by Crippen LogP contribution is 2.28. The summed E-state index contributed by atoms with van der Waals surface area (Å²) in [6.45, 7) is 6.13. The van der Waals surface area contributed by atoms with Gasteiger partial charge in [-0.1, -0.05) is 55.8 Å². The van der Waals surface area contributed by atoms with Crippen LogP contribution in [0.1, 0.15) is 41.4 Å². The predicted octanol–water partition coefficient (Wildman–Crippen LogP) is 6.28. The Balaban J connectivity index is 1.83. The molecule has 2 aromatic carbocycles. The number of amides is 1. The Kier molecular flexibility index (Phi) is 4.95. The highest BCUT2D eigenvalue weighted by atomic mass is 35.5. The van der Waals surface area contributed by atoms with Crippen LogP contribution in [0.4, 0.5) is 5.69 Å². The first-order valence-electron chi connectivity index (χ1n) is 8.22. The number of rotatable bonds is 4. The number of para-hydroxylation sites is 1. The summed E-state index contributed by atoms with van der Waals surface area (Å²) in [7, 11) is 0. The van der Waals surface area contributed by atoms with Gasteiger partial charge in [-0.15, -0.1) is 0 Å². The number of hydrogen-bond donors (Lipinski definition) is 1. The van der Waals surface area contributed by atoms with Gasteiger partial charge in [-0.25, -0.2) is 0 Å². The molecule has 3 nitrogen and oxygen atoms in total. The van der Waals surface area contributed by atoms with E-state index >= 15 is 0 Å². The highest BCUT2D eigenvalue weighted by Gasteiger charge is 2.15. The van der Waals surface area contributed by atoms with E-state index in [0.717, 1.165) is 22.4 Å². The number of furan rings is 1. The molecule has 4 heteroatoms. The van der Waals surface area contributed by atoms with E-state index in [1.54, 1.807) is 12.1 Å². The molecule has 0 atom stereocenters. The number of nitrogens with one attached hydrogen (secondary N) is 1. The fourth-order valence-electron chi connectivity index (χ4n) is 2.66. The smallest absolute Gasteiger partial charge is 0.291 e.